The van der Waals surface area contributed by atoms with Crippen LogP contribution in [-0.2, 0) is 11.3 Å². The van der Waals surface area contributed by atoms with E-state index in [2.05, 4.69) is 10.3 Å². The molecule has 1 aromatic carbocycles. The standard InChI is InChI=1S/C15H19F2N3OS/c1-4-15(2,3)19-12(21)9-20-11-8-6-5-7-10(11)18-14(20)22-13(16)17/h5-8,13H,4,9H2,1-3H3,(H,19,21). The number of nitrogens with zero attached hydrogens (tertiary/aromatic N) is 2. The molecule has 7 heteroatoms. The number of aromatic nitrogens is 2. The fourth-order valence-electron chi connectivity index (χ4n) is 2.02. The van der Waals surface area contributed by atoms with Gasteiger partial charge in [0.25, 0.3) is 5.76 Å². The van der Waals surface area contributed by atoms with Gasteiger partial charge in [0.2, 0.25) is 5.91 Å². The maximum absolute atomic E-state index is 12.7. The molecule has 2 aromatic rings. The van der Waals surface area contributed by atoms with Gasteiger partial charge < -0.3 is 9.88 Å². The molecule has 22 heavy (non-hydrogen) atoms. The summed E-state index contributed by atoms with van der Waals surface area (Å²) in [5, 5.41) is 3.06. The minimum atomic E-state index is -2.58. The van der Waals surface area contributed by atoms with Crippen LogP contribution in [0, 0.1) is 0 Å². The lowest BCUT2D eigenvalue weighted by molar-refractivity contribution is -0.123. The van der Waals surface area contributed by atoms with Crippen LogP contribution in [0.1, 0.15) is 27.2 Å². The molecule has 120 valence electrons. The van der Waals surface area contributed by atoms with Crippen molar-refractivity contribution in [1.82, 2.24) is 14.9 Å². The first kappa shape index (κ1) is 16.7. The van der Waals surface area contributed by atoms with Crippen molar-refractivity contribution in [2.45, 2.75) is 50.2 Å². The smallest absolute Gasteiger partial charge is 0.291 e. The molecule has 0 saturated heterocycles. The molecular formula is C15H19F2N3OS. The van der Waals surface area contributed by atoms with Gasteiger partial charge in [-0.05, 0) is 44.2 Å². The number of imidazole rings is 1. The molecule has 0 aliphatic rings. The Morgan fingerprint density at radius 1 is 1.41 bits per heavy atom. The number of hydrogen-bond acceptors (Lipinski definition) is 3. The van der Waals surface area contributed by atoms with Gasteiger partial charge in [-0.2, -0.15) is 8.78 Å². The number of halogens is 2. The van der Waals surface area contributed by atoms with Gasteiger partial charge in [-0.15, -0.1) is 0 Å². The molecule has 0 radical (unpaired) electrons. The van der Waals surface area contributed by atoms with Gasteiger partial charge in [0.05, 0.1) is 11.0 Å². The van der Waals surface area contributed by atoms with Gasteiger partial charge in [-0.25, -0.2) is 4.98 Å². The topological polar surface area (TPSA) is 46.9 Å². The number of fused-ring (bicyclic) bond motifs is 1. The highest BCUT2D eigenvalue weighted by atomic mass is 32.2. The molecule has 0 unspecified atom stereocenters. The highest BCUT2D eigenvalue weighted by Gasteiger charge is 2.21. The van der Waals surface area contributed by atoms with Crippen molar-refractivity contribution in [1.29, 1.82) is 0 Å². The number of benzene rings is 1. The Labute approximate surface area is 132 Å². The number of carbonyl (C=O) groups is 1. The molecule has 0 fully saturated rings. The van der Waals surface area contributed by atoms with Gasteiger partial charge in [-0.3, -0.25) is 4.79 Å². The maximum atomic E-state index is 12.7. The summed E-state index contributed by atoms with van der Waals surface area (Å²) in [5.74, 6) is -2.79. The summed E-state index contributed by atoms with van der Waals surface area (Å²) in [6.07, 6.45) is 0.780. The van der Waals surface area contributed by atoms with Crippen molar-refractivity contribution in [2.24, 2.45) is 0 Å². The van der Waals surface area contributed by atoms with Crippen LogP contribution in [0.15, 0.2) is 29.4 Å². The van der Waals surface area contributed by atoms with Crippen LogP contribution in [0.3, 0.4) is 0 Å². The summed E-state index contributed by atoms with van der Waals surface area (Å²) in [6.45, 7) is 5.79. The van der Waals surface area contributed by atoms with Crippen molar-refractivity contribution >= 4 is 28.7 Å². The van der Waals surface area contributed by atoms with Gasteiger partial charge in [0.15, 0.2) is 5.16 Å². The summed E-state index contributed by atoms with van der Waals surface area (Å²) in [4.78, 5) is 16.4. The average molecular weight is 327 g/mol. The number of hydrogen-bond donors (Lipinski definition) is 1. The van der Waals surface area contributed by atoms with E-state index in [1.165, 1.54) is 4.57 Å². The highest BCUT2D eigenvalue weighted by Crippen LogP contribution is 2.28. The molecule has 0 saturated carbocycles. The number of amides is 1. The first-order valence-corrected chi connectivity index (χ1v) is 7.91. The molecular weight excluding hydrogens is 308 g/mol. The zero-order chi connectivity index (χ0) is 16.3. The van der Waals surface area contributed by atoms with Crippen LogP contribution in [0.4, 0.5) is 8.78 Å². The minimum absolute atomic E-state index is 0.0288. The molecule has 0 aliphatic heterocycles. The van der Waals surface area contributed by atoms with Gasteiger partial charge in [-0.1, -0.05) is 19.1 Å². The Morgan fingerprint density at radius 3 is 2.73 bits per heavy atom. The van der Waals surface area contributed by atoms with Crippen LogP contribution in [0.25, 0.3) is 11.0 Å². The van der Waals surface area contributed by atoms with Crippen LogP contribution in [0.5, 0.6) is 0 Å². The van der Waals surface area contributed by atoms with E-state index in [0.717, 1.165) is 6.42 Å². The summed E-state index contributed by atoms with van der Waals surface area (Å²) in [6, 6.07) is 7.10. The second-order valence-corrected chi connectivity index (χ2v) is 6.59. The number of para-hydroxylation sites is 2. The molecule has 0 atom stereocenters. The third-order valence-electron chi connectivity index (χ3n) is 3.48. The minimum Gasteiger partial charge on any atom is -0.350 e. The zero-order valence-corrected chi connectivity index (χ0v) is 13.6. The Bertz CT molecular complexity index is 670. The van der Waals surface area contributed by atoms with E-state index in [9.17, 15) is 13.6 Å². The second kappa shape index (κ2) is 6.64. The fourth-order valence-corrected chi connectivity index (χ4v) is 2.63. The largest absolute Gasteiger partial charge is 0.350 e. The SMILES string of the molecule is CCC(C)(C)NC(=O)Cn1c(SC(F)F)nc2ccccc21. The Balaban J connectivity index is 2.30. The first-order valence-electron chi connectivity index (χ1n) is 7.03. The van der Waals surface area contributed by atoms with E-state index in [4.69, 9.17) is 0 Å². The number of rotatable bonds is 6. The van der Waals surface area contributed by atoms with E-state index in [-0.39, 0.29) is 23.1 Å². The number of nitrogens with one attached hydrogen (secondary N) is 1. The van der Waals surface area contributed by atoms with Crippen molar-refractivity contribution in [3.8, 4) is 0 Å². The van der Waals surface area contributed by atoms with Crippen LogP contribution >= 0.6 is 11.8 Å². The lowest BCUT2D eigenvalue weighted by Crippen LogP contribution is -2.44. The number of thioether (sulfide) groups is 1. The van der Waals surface area contributed by atoms with Crippen molar-refractivity contribution < 1.29 is 13.6 Å². The third kappa shape index (κ3) is 3.97. The van der Waals surface area contributed by atoms with E-state index in [1.807, 2.05) is 20.8 Å². The van der Waals surface area contributed by atoms with Crippen LogP contribution in [0.2, 0.25) is 0 Å². The molecule has 0 bridgehead atoms. The molecule has 1 N–H and O–H groups in total. The number of alkyl halides is 2. The Kier molecular flexibility index (Phi) is 5.05. The molecule has 0 aliphatic carbocycles. The van der Waals surface area contributed by atoms with E-state index < -0.39 is 5.76 Å². The van der Waals surface area contributed by atoms with Crippen molar-refractivity contribution in [3.63, 3.8) is 0 Å². The van der Waals surface area contributed by atoms with Gasteiger partial charge in [0, 0.05) is 5.54 Å². The molecule has 1 amide bonds. The first-order chi connectivity index (χ1) is 10.3. The van der Waals surface area contributed by atoms with E-state index in [1.54, 1.807) is 24.3 Å². The molecule has 1 heterocycles. The molecule has 2 rings (SSSR count). The Morgan fingerprint density at radius 2 is 2.09 bits per heavy atom. The summed E-state index contributed by atoms with van der Waals surface area (Å²) in [7, 11) is 0. The Hall–Kier alpha value is -1.63. The fraction of sp³-hybridized carbons (Fsp3) is 0.467. The predicted molar refractivity (Wildman–Crippen MR) is 84.1 cm³/mol. The highest BCUT2D eigenvalue weighted by molar-refractivity contribution is 7.99. The van der Waals surface area contributed by atoms with Gasteiger partial charge in [0.1, 0.15) is 6.54 Å². The lowest BCUT2D eigenvalue weighted by atomic mass is 10.0. The lowest BCUT2D eigenvalue weighted by Gasteiger charge is -2.24. The van der Waals surface area contributed by atoms with Crippen LogP contribution in [-0.4, -0.2) is 26.8 Å². The predicted octanol–water partition coefficient (Wildman–Crippen LogP) is 3.66. The third-order valence-corrected chi connectivity index (χ3v) is 4.18. The van der Waals surface area contributed by atoms with E-state index in [0.29, 0.717) is 22.8 Å². The quantitative estimate of drug-likeness (QED) is 0.824. The van der Waals surface area contributed by atoms with E-state index >= 15 is 0 Å². The summed E-state index contributed by atoms with van der Waals surface area (Å²) < 4.78 is 26.9. The van der Waals surface area contributed by atoms with Gasteiger partial charge >= 0.3 is 0 Å². The summed E-state index contributed by atoms with van der Waals surface area (Å²) in [5.41, 5.74) is 0.951. The average Bonchev–Trinajstić information content (AvgIpc) is 2.75. The van der Waals surface area contributed by atoms with Crippen molar-refractivity contribution in [3.05, 3.63) is 24.3 Å². The second-order valence-electron chi connectivity index (χ2n) is 5.63. The van der Waals surface area contributed by atoms with Crippen molar-refractivity contribution in [2.75, 3.05) is 0 Å². The maximum Gasteiger partial charge on any atom is 0.291 e. The summed E-state index contributed by atoms with van der Waals surface area (Å²) >= 11 is 0.355. The normalized spacial score (nSPS) is 12.1. The van der Waals surface area contributed by atoms with Crippen LogP contribution < -0.4 is 5.32 Å². The molecule has 4 nitrogen and oxygen atoms in total. The number of carbonyl (C=O) groups excluding carboxylic acids is 1. The molecule has 0 spiro atoms. The zero-order valence-electron chi connectivity index (χ0n) is 12.8. The molecule has 1 aromatic heterocycles. The monoisotopic (exact) mass is 327 g/mol.